The number of aryl methyl sites for hydroxylation is 1. The molecule has 1 fully saturated rings. The Labute approximate surface area is 202 Å². The van der Waals surface area contributed by atoms with E-state index < -0.39 is 18.3 Å². The molecule has 0 aliphatic heterocycles. The zero-order chi connectivity index (χ0) is 24.0. The van der Waals surface area contributed by atoms with Crippen molar-refractivity contribution in [1.82, 2.24) is 24.6 Å². The summed E-state index contributed by atoms with van der Waals surface area (Å²) in [5, 5.41) is 7.79. The number of aromatic nitrogens is 5. The Morgan fingerprint density at radius 1 is 1.26 bits per heavy atom. The minimum Gasteiger partial charge on any atom is -0.494 e. The van der Waals surface area contributed by atoms with E-state index in [1.54, 1.807) is 22.8 Å². The predicted molar refractivity (Wildman–Crippen MR) is 124 cm³/mol. The number of nitrogens with one attached hydrogen (secondary N) is 1. The molecule has 1 aliphatic rings. The molecule has 0 unspecified atom stereocenters. The third-order valence-electron chi connectivity index (χ3n) is 5.86. The highest BCUT2D eigenvalue weighted by atomic mass is 35.5. The third kappa shape index (κ3) is 4.21. The maximum atomic E-state index is 13.2. The summed E-state index contributed by atoms with van der Waals surface area (Å²) >= 11 is 7.29. The number of fused-ring (bicyclic) bond motifs is 1. The Bertz CT molecular complexity index is 1350. The van der Waals surface area contributed by atoms with Crippen LogP contribution >= 0.6 is 22.9 Å². The van der Waals surface area contributed by atoms with E-state index in [4.69, 9.17) is 16.3 Å². The molecule has 8 nitrogen and oxygen atoms in total. The lowest BCUT2D eigenvalue weighted by Gasteiger charge is -2.33. The van der Waals surface area contributed by atoms with E-state index in [9.17, 15) is 13.6 Å². The summed E-state index contributed by atoms with van der Waals surface area (Å²) in [6.07, 6.45) is 3.28. The van der Waals surface area contributed by atoms with Crippen LogP contribution < -0.4 is 10.1 Å². The lowest BCUT2D eigenvalue weighted by Crippen LogP contribution is -2.27. The molecule has 1 amide bonds. The molecule has 0 bridgehead atoms. The van der Waals surface area contributed by atoms with E-state index in [2.05, 4.69) is 25.4 Å². The van der Waals surface area contributed by atoms with E-state index in [1.807, 2.05) is 6.92 Å². The second-order valence-electron chi connectivity index (χ2n) is 8.10. The molecule has 1 aliphatic carbocycles. The molecule has 0 aromatic carbocycles. The zero-order valence-electron chi connectivity index (χ0n) is 18.1. The summed E-state index contributed by atoms with van der Waals surface area (Å²) in [6, 6.07) is 3.40. The Kier molecular flexibility index (Phi) is 5.90. The molecule has 0 saturated heterocycles. The highest BCUT2D eigenvalue weighted by Gasteiger charge is 2.37. The minimum absolute atomic E-state index is 0.0225. The van der Waals surface area contributed by atoms with E-state index >= 15 is 0 Å². The van der Waals surface area contributed by atoms with Gasteiger partial charge in [0, 0.05) is 34.9 Å². The second kappa shape index (κ2) is 8.88. The van der Waals surface area contributed by atoms with E-state index in [0.29, 0.717) is 51.1 Å². The first-order valence-corrected chi connectivity index (χ1v) is 11.6. The Balaban J connectivity index is 1.39. The molecular weight excluding hydrogens is 486 g/mol. The van der Waals surface area contributed by atoms with Crippen molar-refractivity contribution < 1.29 is 18.3 Å². The highest BCUT2D eigenvalue weighted by Crippen LogP contribution is 2.44. The number of anilines is 1. The van der Waals surface area contributed by atoms with Gasteiger partial charge in [-0.05, 0) is 31.9 Å². The van der Waals surface area contributed by atoms with Gasteiger partial charge in [0.25, 0.3) is 5.91 Å². The third-order valence-corrected chi connectivity index (χ3v) is 6.91. The minimum atomic E-state index is -2.29. The van der Waals surface area contributed by atoms with Gasteiger partial charge in [0.05, 0.1) is 30.8 Å². The number of ether oxygens (including phenoxy) is 1. The second-order valence-corrected chi connectivity index (χ2v) is 9.44. The number of methoxy groups -OCH3 is 1. The maximum absolute atomic E-state index is 13.2. The van der Waals surface area contributed by atoms with Crippen molar-refractivity contribution in [3.8, 4) is 16.9 Å². The number of imidazole rings is 1. The van der Waals surface area contributed by atoms with Crippen LogP contribution in [-0.2, 0) is 0 Å². The first-order chi connectivity index (χ1) is 16.3. The number of pyridine rings is 2. The van der Waals surface area contributed by atoms with Crippen LogP contribution in [-0.4, -0.2) is 44.0 Å². The zero-order valence-corrected chi connectivity index (χ0v) is 19.7. The molecule has 0 spiro atoms. The highest BCUT2D eigenvalue weighted by molar-refractivity contribution is 7.20. The fraction of sp³-hybridized carbons (Fsp3) is 0.318. The fourth-order valence-corrected chi connectivity index (χ4v) is 4.93. The monoisotopic (exact) mass is 504 g/mol. The number of nitrogens with zero attached hydrogens (tertiary/aromatic N) is 5. The number of amides is 1. The fourth-order valence-electron chi connectivity index (χ4n) is 3.99. The van der Waals surface area contributed by atoms with Gasteiger partial charge in [0.2, 0.25) is 16.5 Å². The van der Waals surface area contributed by atoms with Crippen molar-refractivity contribution in [2.75, 3.05) is 12.4 Å². The largest absolute Gasteiger partial charge is 0.494 e. The van der Waals surface area contributed by atoms with Crippen molar-refractivity contribution in [2.45, 2.75) is 32.1 Å². The molecule has 176 valence electrons. The molecular formula is C22H19ClF2N6O2S. The first-order valence-electron chi connectivity index (χ1n) is 10.4. The Hall–Kier alpha value is -3.18. The molecule has 12 heteroatoms. The van der Waals surface area contributed by atoms with E-state index in [-0.39, 0.29) is 11.1 Å². The average Bonchev–Trinajstić information content (AvgIpc) is 3.30. The molecule has 1 N–H and O–H groups in total. The van der Waals surface area contributed by atoms with Crippen LogP contribution in [0.25, 0.3) is 16.1 Å². The summed E-state index contributed by atoms with van der Waals surface area (Å²) < 4.78 is 32.5. The molecule has 5 rings (SSSR count). The van der Waals surface area contributed by atoms with Crippen molar-refractivity contribution in [3.63, 3.8) is 0 Å². The smallest absolute Gasteiger partial charge is 0.259 e. The van der Waals surface area contributed by atoms with Crippen LogP contribution in [0.3, 0.4) is 0 Å². The van der Waals surface area contributed by atoms with Gasteiger partial charge in [-0.3, -0.25) is 15.1 Å². The number of hydrogen-bond donors (Lipinski definition) is 1. The summed E-state index contributed by atoms with van der Waals surface area (Å²) in [7, 11) is 1.51. The van der Waals surface area contributed by atoms with Gasteiger partial charge in [-0.15, -0.1) is 5.10 Å². The molecule has 1 saturated carbocycles. The molecule has 34 heavy (non-hydrogen) atoms. The normalized spacial score (nSPS) is 17.7. The number of alkyl halides is 2. The molecule has 0 atom stereocenters. The van der Waals surface area contributed by atoms with Gasteiger partial charge in [0.1, 0.15) is 10.9 Å². The van der Waals surface area contributed by atoms with E-state index in [1.165, 1.54) is 30.8 Å². The van der Waals surface area contributed by atoms with Gasteiger partial charge < -0.3 is 4.74 Å². The van der Waals surface area contributed by atoms with Gasteiger partial charge in [0.15, 0.2) is 0 Å². The molecule has 0 radical (unpaired) electrons. The maximum Gasteiger partial charge on any atom is 0.259 e. The Morgan fingerprint density at radius 2 is 2.06 bits per heavy atom. The van der Waals surface area contributed by atoms with Crippen LogP contribution in [0.1, 0.15) is 40.5 Å². The van der Waals surface area contributed by atoms with Crippen molar-refractivity contribution in [3.05, 3.63) is 52.8 Å². The van der Waals surface area contributed by atoms with Crippen LogP contribution in [0.4, 0.5) is 13.9 Å². The summed E-state index contributed by atoms with van der Waals surface area (Å²) in [5.41, 5.74) is 2.98. The molecule has 4 aromatic rings. The van der Waals surface area contributed by atoms with Crippen LogP contribution in [0.5, 0.6) is 5.75 Å². The molecule has 4 heterocycles. The summed E-state index contributed by atoms with van der Waals surface area (Å²) in [4.78, 5) is 26.5. The summed E-state index contributed by atoms with van der Waals surface area (Å²) in [6.45, 7) is 1.82. The number of carbonyl (C=O) groups excluding carboxylic acids is 1. The first kappa shape index (κ1) is 22.6. The van der Waals surface area contributed by atoms with Gasteiger partial charge >= 0.3 is 0 Å². The Morgan fingerprint density at radius 3 is 2.76 bits per heavy atom. The van der Waals surface area contributed by atoms with Crippen LogP contribution in [0.2, 0.25) is 5.15 Å². The van der Waals surface area contributed by atoms with Crippen molar-refractivity contribution >= 4 is 38.9 Å². The average molecular weight is 505 g/mol. The van der Waals surface area contributed by atoms with Crippen LogP contribution in [0, 0.1) is 12.8 Å². The lowest BCUT2D eigenvalue weighted by atomic mass is 9.74. The predicted octanol–water partition coefficient (Wildman–Crippen LogP) is 5.23. The number of hydrogen-bond acceptors (Lipinski definition) is 7. The van der Waals surface area contributed by atoms with Crippen molar-refractivity contribution in [1.29, 1.82) is 0 Å². The topological polar surface area (TPSA) is 94.3 Å². The van der Waals surface area contributed by atoms with Crippen LogP contribution in [0.15, 0.2) is 30.7 Å². The number of rotatable bonds is 6. The van der Waals surface area contributed by atoms with E-state index in [0.717, 1.165) is 5.69 Å². The van der Waals surface area contributed by atoms with Crippen molar-refractivity contribution in [2.24, 2.45) is 5.92 Å². The quantitative estimate of drug-likeness (QED) is 0.361. The van der Waals surface area contributed by atoms with Gasteiger partial charge in [-0.25, -0.2) is 23.3 Å². The molecule has 4 aromatic heterocycles. The number of carbonyl (C=O) groups is 1. The lowest BCUT2D eigenvalue weighted by molar-refractivity contribution is 0.0219. The SMILES string of the molecule is COc1cnc(Cl)cc1-c1cc(C)ncc1C(=O)Nc1nn2cc(C3CC(C(F)F)C3)nc2s1. The van der Waals surface area contributed by atoms with Gasteiger partial charge in [-0.2, -0.15) is 0 Å². The number of halogens is 3. The van der Waals surface area contributed by atoms with Gasteiger partial charge in [-0.1, -0.05) is 22.9 Å². The summed E-state index contributed by atoms with van der Waals surface area (Å²) in [5.74, 6) is -0.476. The standard InChI is InChI=1S/C22H19ClF2N6O2S/c1-10-3-13(14-6-18(23)27-8-17(14)33-2)15(7-26-10)20(32)29-21-30-31-9-16(28-22(31)34-21)11-4-12(5-11)19(24)25/h3,6-9,11-12,19H,4-5H2,1-2H3,(H,29,30,32).